The highest BCUT2D eigenvalue weighted by molar-refractivity contribution is 5.85. The minimum absolute atomic E-state index is 0.0931. The zero-order valence-corrected chi connectivity index (χ0v) is 15.3. The lowest BCUT2D eigenvalue weighted by Crippen LogP contribution is -2.53. The molecule has 0 aliphatic carbocycles. The average Bonchev–Trinajstić information content (AvgIpc) is 3.10. The third-order valence-corrected chi connectivity index (χ3v) is 4.25. The Labute approximate surface area is 152 Å². The van der Waals surface area contributed by atoms with E-state index in [9.17, 15) is 9.59 Å². The smallest absolute Gasteiger partial charge is 0.410 e. The third kappa shape index (κ3) is 4.12. The van der Waals surface area contributed by atoms with E-state index >= 15 is 0 Å². The van der Waals surface area contributed by atoms with Crippen molar-refractivity contribution >= 4 is 18.4 Å². The van der Waals surface area contributed by atoms with Crippen LogP contribution in [-0.4, -0.2) is 71.0 Å². The van der Waals surface area contributed by atoms with E-state index in [1.54, 1.807) is 22.2 Å². The first kappa shape index (κ1) is 18.2. The lowest BCUT2D eigenvalue weighted by molar-refractivity contribution is -0.135. The van der Waals surface area contributed by atoms with Gasteiger partial charge in [0.1, 0.15) is 5.60 Å². The molecule has 1 aromatic heterocycles. The van der Waals surface area contributed by atoms with Gasteiger partial charge < -0.3 is 19.3 Å². The summed E-state index contributed by atoms with van der Waals surface area (Å²) in [7, 11) is 0. The van der Waals surface area contributed by atoms with Crippen molar-refractivity contribution in [2.75, 3.05) is 26.2 Å². The summed E-state index contributed by atoms with van der Waals surface area (Å²) in [4.78, 5) is 36.6. The lowest BCUT2D eigenvalue weighted by Gasteiger charge is -2.36. The molecule has 0 saturated carbocycles. The van der Waals surface area contributed by atoms with Crippen molar-refractivity contribution in [2.24, 2.45) is 4.99 Å². The molecule has 2 aliphatic rings. The minimum Gasteiger partial charge on any atom is -0.473 e. The Morgan fingerprint density at radius 3 is 2.35 bits per heavy atom. The number of nitrogens with zero attached hydrogens (tertiary/aromatic N) is 4. The molecule has 140 valence electrons. The van der Waals surface area contributed by atoms with Crippen molar-refractivity contribution in [3.8, 4) is 0 Å². The van der Waals surface area contributed by atoms with E-state index in [1.807, 2.05) is 32.9 Å². The van der Waals surface area contributed by atoms with Gasteiger partial charge in [-0.15, -0.1) is 0 Å². The molecule has 2 aliphatic heterocycles. The van der Waals surface area contributed by atoms with Crippen LogP contribution in [0.3, 0.4) is 0 Å². The Bertz CT molecular complexity index is 678. The topological polar surface area (TPSA) is 84.3 Å². The zero-order valence-electron chi connectivity index (χ0n) is 15.3. The highest BCUT2D eigenvalue weighted by Gasteiger charge is 2.38. The van der Waals surface area contributed by atoms with Crippen LogP contribution in [0.4, 0.5) is 4.79 Å². The summed E-state index contributed by atoms with van der Waals surface area (Å²) in [6, 6.07) is 3.03. The van der Waals surface area contributed by atoms with Gasteiger partial charge in [0.15, 0.2) is 18.5 Å². The van der Waals surface area contributed by atoms with Crippen LogP contribution >= 0.6 is 0 Å². The molecule has 1 fully saturated rings. The van der Waals surface area contributed by atoms with E-state index in [2.05, 4.69) is 9.98 Å². The molecule has 0 bridgehead atoms. The number of rotatable bonds is 2. The maximum Gasteiger partial charge on any atom is 0.410 e. The standard InChI is InChI=1S/C18H24N4O4/c1-18(2,3)26-17(24)22-10-8-21(9-11-22)16(23)14-15(25-12-20-14)13-4-6-19-7-5-13/h4-7,12,14-15H,8-11H2,1-3H3/t14-,15+/m0/s1. The SMILES string of the molecule is CC(C)(C)OC(=O)N1CCN(C(=O)[C@H]2N=CO[C@@H]2c2ccncc2)CC1. The van der Waals surface area contributed by atoms with Crippen LogP contribution < -0.4 is 0 Å². The molecule has 3 heterocycles. The molecule has 1 aromatic rings. The Kier molecular flexibility index (Phi) is 5.11. The van der Waals surface area contributed by atoms with Gasteiger partial charge in [-0.1, -0.05) is 0 Å². The molecule has 3 rings (SSSR count). The second kappa shape index (κ2) is 7.31. The first-order chi connectivity index (χ1) is 12.3. The first-order valence-corrected chi connectivity index (χ1v) is 8.69. The van der Waals surface area contributed by atoms with Crippen LogP contribution in [0, 0.1) is 0 Å². The monoisotopic (exact) mass is 360 g/mol. The number of carbonyl (C=O) groups is 2. The normalized spacial score (nSPS) is 22.9. The molecular formula is C18H24N4O4. The highest BCUT2D eigenvalue weighted by Crippen LogP contribution is 2.28. The number of ether oxygens (including phenoxy) is 2. The summed E-state index contributed by atoms with van der Waals surface area (Å²) >= 11 is 0. The summed E-state index contributed by atoms with van der Waals surface area (Å²) in [6.07, 6.45) is 3.89. The van der Waals surface area contributed by atoms with Crippen LogP contribution in [0.25, 0.3) is 0 Å². The maximum atomic E-state index is 12.9. The Morgan fingerprint density at radius 2 is 1.73 bits per heavy atom. The predicted molar refractivity (Wildman–Crippen MR) is 94.7 cm³/mol. The number of pyridine rings is 1. The van der Waals surface area contributed by atoms with Crippen molar-refractivity contribution in [2.45, 2.75) is 38.5 Å². The van der Waals surface area contributed by atoms with E-state index in [4.69, 9.17) is 9.47 Å². The minimum atomic E-state index is -0.606. The van der Waals surface area contributed by atoms with Gasteiger partial charge in [-0.25, -0.2) is 9.79 Å². The number of hydrogen-bond donors (Lipinski definition) is 0. The van der Waals surface area contributed by atoms with Crippen molar-refractivity contribution in [1.29, 1.82) is 0 Å². The second-order valence-corrected chi connectivity index (χ2v) is 7.33. The molecule has 1 saturated heterocycles. The number of aliphatic imine (C=N–C) groups is 1. The summed E-state index contributed by atoms with van der Waals surface area (Å²) < 4.78 is 10.9. The van der Waals surface area contributed by atoms with Crippen LogP contribution in [0.1, 0.15) is 32.4 Å². The molecule has 8 nitrogen and oxygen atoms in total. The molecular weight excluding hydrogens is 336 g/mol. The van der Waals surface area contributed by atoms with E-state index in [0.29, 0.717) is 26.2 Å². The number of piperazine rings is 1. The first-order valence-electron chi connectivity index (χ1n) is 8.69. The fourth-order valence-electron chi connectivity index (χ4n) is 2.95. The fourth-order valence-corrected chi connectivity index (χ4v) is 2.95. The van der Waals surface area contributed by atoms with Gasteiger partial charge in [-0.2, -0.15) is 0 Å². The zero-order chi connectivity index (χ0) is 18.7. The summed E-state index contributed by atoms with van der Waals surface area (Å²) in [5, 5.41) is 0. The quantitative estimate of drug-likeness (QED) is 0.800. The molecule has 0 N–H and O–H groups in total. The van der Waals surface area contributed by atoms with Crippen molar-refractivity contribution in [1.82, 2.24) is 14.8 Å². The van der Waals surface area contributed by atoms with Crippen LogP contribution in [-0.2, 0) is 14.3 Å². The molecule has 2 amide bonds. The highest BCUT2D eigenvalue weighted by atomic mass is 16.6. The summed E-state index contributed by atoms with van der Waals surface area (Å²) in [5.74, 6) is -0.0931. The second-order valence-electron chi connectivity index (χ2n) is 7.33. The van der Waals surface area contributed by atoms with E-state index in [1.165, 1.54) is 6.40 Å². The van der Waals surface area contributed by atoms with Gasteiger partial charge in [0.25, 0.3) is 5.91 Å². The number of aromatic nitrogens is 1. The van der Waals surface area contributed by atoms with Gasteiger partial charge in [-0.3, -0.25) is 9.78 Å². The van der Waals surface area contributed by atoms with Crippen LogP contribution in [0.5, 0.6) is 0 Å². The van der Waals surface area contributed by atoms with Gasteiger partial charge in [-0.05, 0) is 38.5 Å². The summed E-state index contributed by atoms with van der Waals surface area (Å²) in [5.41, 5.74) is 0.334. The maximum absolute atomic E-state index is 12.9. The molecule has 8 heteroatoms. The van der Waals surface area contributed by atoms with Gasteiger partial charge in [0, 0.05) is 38.6 Å². The molecule has 0 radical (unpaired) electrons. The van der Waals surface area contributed by atoms with Crippen molar-refractivity contribution in [3.05, 3.63) is 30.1 Å². The Hall–Kier alpha value is -2.64. The molecule has 0 unspecified atom stereocenters. The number of carbonyl (C=O) groups excluding carboxylic acids is 2. The Balaban J connectivity index is 1.58. The van der Waals surface area contributed by atoms with E-state index in [0.717, 1.165) is 5.56 Å². The number of hydrogen-bond acceptors (Lipinski definition) is 6. The largest absolute Gasteiger partial charge is 0.473 e. The lowest BCUT2D eigenvalue weighted by atomic mass is 10.0. The van der Waals surface area contributed by atoms with Gasteiger partial charge in [0.2, 0.25) is 0 Å². The Morgan fingerprint density at radius 1 is 1.12 bits per heavy atom. The summed E-state index contributed by atoms with van der Waals surface area (Å²) in [6.45, 7) is 7.29. The predicted octanol–water partition coefficient (Wildman–Crippen LogP) is 1.63. The van der Waals surface area contributed by atoms with Crippen molar-refractivity contribution < 1.29 is 19.1 Å². The van der Waals surface area contributed by atoms with Crippen LogP contribution in [0.2, 0.25) is 0 Å². The molecule has 0 aromatic carbocycles. The molecule has 0 spiro atoms. The van der Waals surface area contributed by atoms with Crippen LogP contribution in [0.15, 0.2) is 29.5 Å². The van der Waals surface area contributed by atoms with Gasteiger partial charge in [0.05, 0.1) is 0 Å². The molecule has 2 atom stereocenters. The fraction of sp³-hybridized carbons (Fsp3) is 0.556. The van der Waals surface area contributed by atoms with Gasteiger partial charge >= 0.3 is 6.09 Å². The molecule has 26 heavy (non-hydrogen) atoms. The average molecular weight is 360 g/mol. The third-order valence-electron chi connectivity index (χ3n) is 4.25. The number of amides is 2. The van der Waals surface area contributed by atoms with Crippen molar-refractivity contribution in [3.63, 3.8) is 0 Å². The van der Waals surface area contributed by atoms with E-state index in [-0.39, 0.29) is 12.0 Å². The van der Waals surface area contributed by atoms with E-state index < -0.39 is 17.7 Å².